The minimum atomic E-state index is -0.726. The zero-order chi connectivity index (χ0) is 24.0. The highest BCUT2D eigenvalue weighted by Crippen LogP contribution is 2.13. The summed E-state index contributed by atoms with van der Waals surface area (Å²) in [5, 5.41) is 0. The highest BCUT2D eigenvalue weighted by Gasteiger charge is 2.17. The second-order valence-electron chi connectivity index (χ2n) is 7.70. The van der Waals surface area contributed by atoms with Crippen LogP contribution in [-0.2, 0) is 25.4 Å². The van der Waals surface area contributed by atoms with Crippen LogP contribution in [0.2, 0.25) is 0 Å². The Morgan fingerprint density at radius 3 is 2.45 bits per heavy atom. The first-order chi connectivity index (χ1) is 15.8. The van der Waals surface area contributed by atoms with Crippen molar-refractivity contribution in [1.82, 2.24) is 29.5 Å². The van der Waals surface area contributed by atoms with E-state index in [9.17, 15) is 19.2 Å². The van der Waals surface area contributed by atoms with E-state index < -0.39 is 29.6 Å². The summed E-state index contributed by atoms with van der Waals surface area (Å²) in [4.78, 5) is 53.7. The van der Waals surface area contributed by atoms with Gasteiger partial charge in [-0.15, -0.1) is 0 Å². The zero-order valence-electron chi connectivity index (χ0n) is 19.0. The summed E-state index contributed by atoms with van der Waals surface area (Å²) in [5.74, 6) is -0.607. The molecule has 3 aromatic rings. The Kier molecular flexibility index (Phi) is 7.65. The van der Waals surface area contributed by atoms with Gasteiger partial charge in [0.2, 0.25) is 0 Å². The molecule has 0 aliphatic heterocycles. The van der Waals surface area contributed by atoms with Crippen LogP contribution in [0, 0.1) is 0 Å². The third kappa shape index (κ3) is 5.48. The number of nitrogens with zero attached hydrogens (tertiary/aromatic N) is 4. The molecular formula is C22H28N6O5. The first-order valence-corrected chi connectivity index (χ1v) is 10.8. The van der Waals surface area contributed by atoms with Gasteiger partial charge in [-0.05, 0) is 30.7 Å². The number of aromatic nitrogens is 4. The summed E-state index contributed by atoms with van der Waals surface area (Å²) in [6, 6.07) is 6.53. The molecule has 2 N–H and O–H groups in total. The number of nitrogens with one attached hydrogen (secondary N) is 2. The standard InChI is InChI=1S/C22H28N6O5/c1-4-5-6-7-12-33-16-10-8-15(9-11-16)20(30)25-24-17(29)13-28-21(31)18-19(23-14-26(18)2)27(3)22(28)32/h8-11,14H,4-7,12-13H2,1-3H3,(H,24,29)(H,25,30). The lowest BCUT2D eigenvalue weighted by Gasteiger charge is -2.11. The van der Waals surface area contributed by atoms with E-state index in [1.54, 1.807) is 31.3 Å². The maximum Gasteiger partial charge on any atom is 0.332 e. The number of carbonyl (C=O) groups is 2. The van der Waals surface area contributed by atoms with Gasteiger partial charge in [0.15, 0.2) is 11.2 Å². The number of unbranched alkanes of at least 4 members (excludes halogenated alkanes) is 3. The summed E-state index contributed by atoms with van der Waals surface area (Å²) >= 11 is 0. The SMILES string of the molecule is CCCCCCOc1ccc(C(=O)NNC(=O)Cn2c(=O)c3c(ncn3C)n(C)c2=O)cc1. The molecule has 0 saturated carbocycles. The molecule has 11 heteroatoms. The van der Waals surface area contributed by atoms with E-state index in [4.69, 9.17) is 4.74 Å². The van der Waals surface area contributed by atoms with Gasteiger partial charge in [0.25, 0.3) is 17.4 Å². The molecule has 0 unspecified atom stereocenters. The van der Waals surface area contributed by atoms with Gasteiger partial charge in [-0.1, -0.05) is 26.2 Å². The Morgan fingerprint density at radius 2 is 1.76 bits per heavy atom. The number of hydrogen-bond donors (Lipinski definition) is 2. The number of amides is 2. The molecule has 0 saturated heterocycles. The van der Waals surface area contributed by atoms with Crippen LogP contribution in [0.3, 0.4) is 0 Å². The van der Waals surface area contributed by atoms with E-state index in [-0.39, 0.29) is 11.2 Å². The van der Waals surface area contributed by atoms with Crippen molar-refractivity contribution in [2.24, 2.45) is 14.1 Å². The molecule has 0 aliphatic rings. The highest BCUT2D eigenvalue weighted by atomic mass is 16.5. The molecule has 0 radical (unpaired) electrons. The van der Waals surface area contributed by atoms with Crippen molar-refractivity contribution in [2.45, 2.75) is 39.2 Å². The second-order valence-corrected chi connectivity index (χ2v) is 7.70. The summed E-state index contributed by atoms with van der Waals surface area (Å²) in [7, 11) is 3.08. The molecule has 0 bridgehead atoms. The van der Waals surface area contributed by atoms with Gasteiger partial charge in [0.1, 0.15) is 12.3 Å². The molecule has 2 heterocycles. The molecule has 11 nitrogen and oxygen atoms in total. The maximum atomic E-state index is 12.6. The molecule has 176 valence electrons. The minimum absolute atomic E-state index is 0.196. The lowest BCUT2D eigenvalue weighted by atomic mass is 10.2. The zero-order valence-corrected chi connectivity index (χ0v) is 19.0. The summed E-state index contributed by atoms with van der Waals surface area (Å²) < 4.78 is 9.10. The van der Waals surface area contributed by atoms with E-state index in [2.05, 4.69) is 22.8 Å². The van der Waals surface area contributed by atoms with Crippen LogP contribution in [0.1, 0.15) is 43.0 Å². The van der Waals surface area contributed by atoms with E-state index in [0.717, 1.165) is 23.8 Å². The number of carbonyl (C=O) groups excluding carboxylic acids is 2. The Labute approximate surface area is 190 Å². The molecule has 1 aromatic carbocycles. The van der Waals surface area contributed by atoms with Crippen LogP contribution in [0.5, 0.6) is 5.75 Å². The molecule has 0 fully saturated rings. The molecule has 0 spiro atoms. The fraction of sp³-hybridized carbons (Fsp3) is 0.409. The topological polar surface area (TPSA) is 129 Å². The van der Waals surface area contributed by atoms with Crippen molar-refractivity contribution < 1.29 is 14.3 Å². The van der Waals surface area contributed by atoms with Crippen LogP contribution in [0.25, 0.3) is 11.2 Å². The Balaban J connectivity index is 1.57. The number of ether oxygens (including phenoxy) is 1. The Hall–Kier alpha value is -3.89. The van der Waals surface area contributed by atoms with Crippen LogP contribution in [-0.4, -0.2) is 37.1 Å². The molecular weight excluding hydrogens is 428 g/mol. The number of hydrazine groups is 1. The van der Waals surface area contributed by atoms with Gasteiger partial charge in [0, 0.05) is 19.7 Å². The molecule has 33 heavy (non-hydrogen) atoms. The van der Waals surface area contributed by atoms with E-state index >= 15 is 0 Å². The lowest BCUT2D eigenvalue weighted by Crippen LogP contribution is -2.47. The van der Waals surface area contributed by atoms with Crippen molar-refractivity contribution in [3.05, 3.63) is 57.0 Å². The van der Waals surface area contributed by atoms with Gasteiger partial charge in [-0.25, -0.2) is 14.3 Å². The van der Waals surface area contributed by atoms with Crippen molar-refractivity contribution in [1.29, 1.82) is 0 Å². The Bertz CT molecular complexity index is 1260. The summed E-state index contributed by atoms with van der Waals surface area (Å²) in [6.07, 6.45) is 5.84. The summed E-state index contributed by atoms with van der Waals surface area (Å²) in [6.45, 7) is 2.21. The molecule has 2 amide bonds. The predicted molar refractivity (Wildman–Crippen MR) is 122 cm³/mol. The first-order valence-electron chi connectivity index (χ1n) is 10.8. The van der Waals surface area contributed by atoms with E-state index in [0.29, 0.717) is 17.9 Å². The van der Waals surface area contributed by atoms with Crippen LogP contribution in [0.4, 0.5) is 0 Å². The number of aryl methyl sites for hydroxylation is 2. The third-order valence-electron chi connectivity index (χ3n) is 5.20. The maximum absolute atomic E-state index is 12.6. The van der Waals surface area contributed by atoms with E-state index in [1.807, 2.05) is 0 Å². The molecule has 0 aliphatic carbocycles. The first kappa shape index (κ1) is 23.8. The third-order valence-corrected chi connectivity index (χ3v) is 5.20. The highest BCUT2D eigenvalue weighted by molar-refractivity contribution is 5.95. The van der Waals surface area contributed by atoms with E-state index in [1.165, 1.54) is 28.9 Å². The fourth-order valence-corrected chi connectivity index (χ4v) is 3.34. The van der Waals surface area contributed by atoms with Crippen LogP contribution >= 0.6 is 0 Å². The van der Waals surface area contributed by atoms with Gasteiger partial charge in [0.05, 0.1) is 12.9 Å². The number of benzene rings is 1. The minimum Gasteiger partial charge on any atom is -0.494 e. The quantitative estimate of drug-likeness (QED) is 0.363. The van der Waals surface area contributed by atoms with Gasteiger partial charge in [-0.2, -0.15) is 0 Å². The predicted octanol–water partition coefficient (Wildman–Crippen LogP) is 0.854. The van der Waals surface area contributed by atoms with Gasteiger partial charge in [-0.3, -0.25) is 29.8 Å². The summed E-state index contributed by atoms with van der Waals surface area (Å²) in [5.41, 5.74) is 3.93. The van der Waals surface area contributed by atoms with Crippen molar-refractivity contribution in [3.63, 3.8) is 0 Å². The lowest BCUT2D eigenvalue weighted by molar-refractivity contribution is -0.122. The van der Waals surface area contributed by atoms with Crippen molar-refractivity contribution in [3.8, 4) is 5.75 Å². The normalized spacial score (nSPS) is 10.9. The van der Waals surface area contributed by atoms with Crippen molar-refractivity contribution >= 4 is 23.0 Å². The molecule has 0 atom stereocenters. The number of rotatable bonds is 9. The second kappa shape index (κ2) is 10.6. The monoisotopic (exact) mass is 456 g/mol. The fourth-order valence-electron chi connectivity index (χ4n) is 3.34. The largest absolute Gasteiger partial charge is 0.494 e. The smallest absolute Gasteiger partial charge is 0.332 e. The van der Waals surface area contributed by atoms with Gasteiger partial charge < -0.3 is 9.30 Å². The van der Waals surface area contributed by atoms with Crippen molar-refractivity contribution in [2.75, 3.05) is 6.61 Å². The average molecular weight is 457 g/mol. The number of fused-ring (bicyclic) bond motifs is 1. The van der Waals surface area contributed by atoms with Crippen LogP contribution < -0.4 is 26.8 Å². The Morgan fingerprint density at radius 1 is 1.03 bits per heavy atom. The van der Waals surface area contributed by atoms with Gasteiger partial charge >= 0.3 is 5.69 Å². The molecule has 3 rings (SSSR count). The average Bonchev–Trinajstić information content (AvgIpc) is 3.20. The molecule has 2 aromatic heterocycles. The number of hydrogen-bond acceptors (Lipinski definition) is 6. The van der Waals surface area contributed by atoms with Crippen LogP contribution in [0.15, 0.2) is 40.2 Å². The number of imidazole rings is 1.